The second-order valence-electron chi connectivity index (χ2n) is 16.2. The molecule has 0 aliphatic heterocycles. The van der Waals surface area contributed by atoms with Crippen molar-refractivity contribution in [3.05, 3.63) is 47.6 Å². The third kappa shape index (κ3) is 13.8. The van der Waals surface area contributed by atoms with Crippen molar-refractivity contribution in [3.8, 4) is 0 Å². The van der Waals surface area contributed by atoms with Crippen LogP contribution in [0.5, 0.6) is 0 Å². The van der Waals surface area contributed by atoms with Gasteiger partial charge in [-0.3, -0.25) is 12.2 Å². The summed E-state index contributed by atoms with van der Waals surface area (Å²) in [4.78, 5) is 0. The van der Waals surface area contributed by atoms with Gasteiger partial charge in [0.05, 0.1) is 0 Å². The van der Waals surface area contributed by atoms with Crippen molar-refractivity contribution in [2.24, 2.45) is 57.7 Å². The van der Waals surface area contributed by atoms with E-state index in [0.717, 1.165) is 30.1 Å². The summed E-state index contributed by atoms with van der Waals surface area (Å²) in [6, 6.07) is 0. The van der Waals surface area contributed by atoms with Crippen molar-refractivity contribution in [2.45, 2.75) is 175 Å². The molecular weight excluding hydrogens is 617 g/mol. The van der Waals surface area contributed by atoms with Crippen LogP contribution >= 0.6 is 0 Å². The first-order chi connectivity index (χ1) is 20.6. The molecule has 0 aromatic heterocycles. The number of allylic oxidation sites excluding steroid dienone is 8. The van der Waals surface area contributed by atoms with Gasteiger partial charge in [0.25, 0.3) is 0 Å². The Bertz CT molecular complexity index is 882. The van der Waals surface area contributed by atoms with Crippen molar-refractivity contribution in [1.29, 1.82) is 0 Å². The Kier molecular flexibility index (Phi) is 23.7. The average Bonchev–Trinajstić information content (AvgIpc) is 2.97. The van der Waals surface area contributed by atoms with Crippen molar-refractivity contribution in [1.82, 2.24) is 0 Å². The average molecular weight is 698 g/mol. The molecule has 3 aliphatic carbocycles. The maximum absolute atomic E-state index is 3.63. The second-order valence-corrected chi connectivity index (χ2v) is 16.2. The van der Waals surface area contributed by atoms with Gasteiger partial charge in [0, 0.05) is 32.7 Å². The standard InChI is InChI=1S/C20H33.C20H35.2C2H6.Y/c1-7-12-20(6)18(15(4)5)10-9-17-13-16(14(2)3)8-11-19(17)20;1-8-20(7)15-11-13-17(16(2)3)12-9-10-14-18(20)19(4,5)6;2*1-2;/h11,13-15,17-19H,7,9-10,12H2,1-6H3;11-12,16,18H,8-10,14-15H2,1-7H3;2*1-2H3;/q2*-1;;;/b;17-12+;;;/t17?,18?,19?,20-;18?,20-;;;/m01.../s1. The van der Waals surface area contributed by atoms with Crippen LogP contribution in [0.2, 0.25) is 0 Å². The summed E-state index contributed by atoms with van der Waals surface area (Å²) in [5.41, 5.74) is 4.11. The summed E-state index contributed by atoms with van der Waals surface area (Å²) in [7, 11) is 0. The molecule has 1 heteroatoms. The molecule has 0 spiro atoms. The second kappa shape index (κ2) is 22.7. The first-order valence-electron chi connectivity index (χ1n) is 19.2. The monoisotopic (exact) mass is 698 g/mol. The number of hydrogen-bond acceptors (Lipinski definition) is 0. The summed E-state index contributed by atoms with van der Waals surface area (Å²) in [6.07, 6.45) is 28.7. The molecule has 0 aromatic carbocycles. The maximum atomic E-state index is 3.63. The van der Waals surface area contributed by atoms with E-state index in [-0.39, 0.29) is 32.7 Å². The molecule has 1 radical (unpaired) electrons. The van der Waals surface area contributed by atoms with Crippen LogP contribution in [0.4, 0.5) is 0 Å². The fraction of sp³-hybridized carbons (Fsp3) is 0.818. The third-order valence-corrected chi connectivity index (χ3v) is 11.1. The topological polar surface area (TPSA) is 0 Å². The third-order valence-electron chi connectivity index (χ3n) is 11.1. The summed E-state index contributed by atoms with van der Waals surface area (Å²) in [6.45, 7) is 39.0. The normalized spacial score (nSPS) is 31.0. The van der Waals surface area contributed by atoms with Crippen LogP contribution in [0.3, 0.4) is 0 Å². The van der Waals surface area contributed by atoms with Crippen molar-refractivity contribution < 1.29 is 32.7 Å². The number of fused-ring (bicyclic) bond motifs is 1. The molecule has 1 saturated carbocycles. The van der Waals surface area contributed by atoms with Crippen LogP contribution in [-0.2, 0) is 32.7 Å². The van der Waals surface area contributed by atoms with Crippen LogP contribution in [0, 0.1) is 69.8 Å². The summed E-state index contributed by atoms with van der Waals surface area (Å²) in [5, 5.41) is 0. The molecule has 261 valence electrons. The molecule has 0 aromatic rings. The van der Waals surface area contributed by atoms with Crippen molar-refractivity contribution in [2.75, 3.05) is 0 Å². The predicted octanol–water partition coefficient (Wildman–Crippen LogP) is 14.7. The molecule has 0 nitrogen and oxygen atoms in total. The molecule has 6 atom stereocenters. The fourth-order valence-electron chi connectivity index (χ4n) is 8.73. The number of rotatable bonds is 6. The summed E-state index contributed by atoms with van der Waals surface area (Å²) < 4.78 is 0. The van der Waals surface area contributed by atoms with Gasteiger partial charge in [0.1, 0.15) is 0 Å². The van der Waals surface area contributed by atoms with Crippen LogP contribution in [0.15, 0.2) is 35.5 Å². The Balaban J connectivity index is 0. The van der Waals surface area contributed by atoms with E-state index in [9.17, 15) is 0 Å². The largest absolute Gasteiger partial charge is 0.252 e. The number of hydrogen-bond donors (Lipinski definition) is 0. The minimum atomic E-state index is 0. The molecule has 3 aliphatic rings. The Morgan fingerprint density at radius 2 is 1.42 bits per heavy atom. The minimum absolute atomic E-state index is 0. The minimum Gasteiger partial charge on any atom is -0.252 e. The van der Waals surface area contributed by atoms with E-state index in [4.69, 9.17) is 0 Å². The molecule has 45 heavy (non-hydrogen) atoms. The van der Waals surface area contributed by atoms with E-state index in [2.05, 4.69) is 126 Å². The molecular formula is C44H80Y-2. The summed E-state index contributed by atoms with van der Waals surface area (Å²) >= 11 is 0. The van der Waals surface area contributed by atoms with Crippen molar-refractivity contribution in [3.63, 3.8) is 0 Å². The zero-order valence-electron chi connectivity index (χ0n) is 33.8. The van der Waals surface area contributed by atoms with Crippen molar-refractivity contribution >= 4 is 0 Å². The predicted molar refractivity (Wildman–Crippen MR) is 202 cm³/mol. The first kappa shape index (κ1) is 47.2. The van der Waals surface area contributed by atoms with Gasteiger partial charge in [-0.15, -0.1) is 6.42 Å². The molecule has 3 rings (SSSR count). The molecule has 4 unspecified atom stereocenters. The van der Waals surface area contributed by atoms with E-state index in [1.54, 1.807) is 0 Å². The Labute approximate surface area is 311 Å². The fourth-order valence-corrected chi connectivity index (χ4v) is 8.73. The van der Waals surface area contributed by atoms with Gasteiger partial charge >= 0.3 is 0 Å². The van der Waals surface area contributed by atoms with Crippen LogP contribution in [-0.4, -0.2) is 0 Å². The zero-order valence-corrected chi connectivity index (χ0v) is 36.6. The molecule has 0 saturated heterocycles. The van der Waals surface area contributed by atoms with Gasteiger partial charge in [-0.05, 0) is 52.8 Å². The molecule has 1 fully saturated rings. The van der Waals surface area contributed by atoms with E-state index in [1.165, 1.54) is 62.5 Å². The van der Waals surface area contributed by atoms with Gasteiger partial charge in [0.15, 0.2) is 0 Å². The Morgan fingerprint density at radius 1 is 0.844 bits per heavy atom. The summed E-state index contributed by atoms with van der Waals surface area (Å²) in [5.74, 6) is 5.15. The smallest absolute Gasteiger partial charge is 0 e. The van der Waals surface area contributed by atoms with E-state index >= 15 is 0 Å². The van der Waals surface area contributed by atoms with Gasteiger partial charge in [0.2, 0.25) is 0 Å². The molecule has 0 bridgehead atoms. The van der Waals surface area contributed by atoms with Crippen LogP contribution in [0.25, 0.3) is 0 Å². The van der Waals surface area contributed by atoms with E-state index in [0.29, 0.717) is 34.0 Å². The first-order valence-corrected chi connectivity index (χ1v) is 19.2. The van der Waals surface area contributed by atoms with Gasteiger partial charge in [-0.1, -0.05) is 174 Å². The van der Waals surface area contributed by atoms with E-state index < -0.39 is 0 Å². The van der Waals surface area contributed by atoms with Crippen LogP contribution < -0.4 is 0 Å². The Morgan fingerprint density at radius 3 is 1.89 bits per heavy atom. The van der Waals surface area contributed by atoms with Gasteiger partial charge in [-0.2, -0.15) is 12.2 Å². The van der Waals surface area contributed by atoms with E-state index in [1.807, 2.05) is 27.7 Å². The molecule has 0 N–H and O–H groups in total. The van der Waals surface area contributed by atoms with Crippen LogP contribution in [0.1, 0.15) is 175 Å². The molecule has 0 amide bonds. The zero-order chi connectivity index (χ0) is 34.3. The maximum Gasteiger partial charge on any atom is 0 e. The molecule has 0 heterocycles. The Hall–Kier alpha value is 0.0639. The quantitative estimate of drug-likeness (QED) is 0.242. The van der Waals surface area contributed by atoms with Gasteiger partial charge < -0.3 is 0 Å². The van der Waals surface area contributed by atoms with Gasteiger partial charge in [-0.25, -0.2) is 23.3 Å². The SMILES string of the molecule is CC.CC.CCC[C@]1(C)C2C=[C-]C(C(C)C)=CC2CCC1C(C)C.CC[C@]1(C)CC=[C-]/C(C(C)C)=C\CCCC1C(C)(C)C.[Y].